The minimum Gasteiger partial charge on any atom is -0.497 e. The second-order valence-electron chi connectivity index (χ2n) is 5.41. The van der Waals surface area contributed by atoms with Gasteiger partial charge in [-0.1, -0.05) is 12.1 Å². The Morgan fingerprint density at radius 2 is 1.95 bits per heavy atom. The molecule has 4 nitrogen and oxygen atoms in total. The van der Waals surface area contributed by atoms with Crippen LogP contribution in [-0.2, 0) is 11.2 Å². The summed E-state index contributed by atoms with van der Waals surface area (Å²) < 4.78 is 5.09. The molecule has 1 amide bonds. The van der Waals surface area contributed by atoms with Crippen molar-refractivity contribution in [2.75, 3.05) is 7.11 Å². The molecule has 0 heterocycles. The highest BCUT2D eigenvalue weighted by Gasteiger charge is 2.24. The Kier molecular flexibility index (Phi) is 5.36. The van der Waals surface area contributed by atoms with Gasteiger partial charge in [-0.2, -0.15) is 0 Å². The lowest BCUT2D eigenvalue weighted by Gasteiger charge is -2.30. The van der Waals surface area contributed by atoms with Crippen LogP contribution in [0.4, 0.5) is 0 Å². The fourth-order valence-electron chi connectivity index (χ4n) is 1.59. The standard InChI is InChI=1S/C15H24N2O2/c1-11(16)15(2,3)17-14(18)10-7-12-5-8-13(19-4)9-6-12/h5-6,8-9,11H,7,10,16H2,1-4H3,(H,17,18). The summed E-state index contributed by atoms with van der Waals surface area (Å²) in [5, 5.41) is 2.96. The van der Waals surface area contributed by atoms with Gasteiger partial charge in [-0.05, 0) is 44.9 Å². The minimum absolute atomic E-state index is 0.0260. The molecule has 4 heteroatoms. The number of benzene rings is 1. The van der Waals surface area contributed by atoms with Crippen molar-refractivity contribution in [1.29, 1.82) is 0 Å². The van der Waals surface area contributed by atoms with Crippen LogP contribution >= 0.6 is 0 Å². The summed E-state index contributed by atoms with van der Waals surface area (Å²) >= 11 is 0. The van der Waals surface area contributed by atoms with Crippen LogP contribution in [0.15, 0.2) is 24.3 Å². The number of methoxy groups -OCH3 is 1. The first kappa shape index (κ1) is 15.5. The van der Waals surface area contributed by atoms with Gasteiger partial charge in [0, 0.05) is 18.0 Å². The lowest BCUT2D eigenvalue weighted by Crippen LogP contribution is -2.54. The predicted octanol–water partition coefficient (Wildman–Crippen LogP) is 1.87. The molecule has 0 aliphatic heterocycles. The summed E-state index contributed by atoms with van der Waals surface area (Å²) in [7, 11) is 1.64. The van der Waals surface area contributed by atoms with Crippen LogP contribution in [0.25, 0.3) is 0 Å². The van der Waals surface area contributed by atoms with Gasteiger partial charge in [0.1, 0.15) is 5.75 Å². The Bertz CT molecular complexity index is 411. The van der Waals surface area contributed by atoms with E-state index in [4.69, 9.17) is 10.5 Å². The lowest BCUT2D eigenvalue weighted by atomic mass is 9.96. The number of aryl methyl sites for hydroxylation is 1. The summed E-state index contributed by atoms with van der Waals surface area (Å²) in [4.78, 5) is 11.9. The first-order chi connectivity index (χ1) is 8.85. The van der Waals surface area contributed by atoms with E-state index in [0.717, 1.165) is 11.3 Å². The highest BCUT2D eigenvalue weighted by atomic mass is 16.5. The Labute approximate surface area is 115 Å². The number of nitrogens with two attached hydrogens (primary N) is 1. The van der Waals surface area contributed by atoms with Gasteiger partial charge in [-0.3, -0.25) is 4.79 Å². The summed E-state index contributed by atoms with van der Waals surface area (Å²) in [6.45, 7) is 5.76. The van der Waals surface area contributed by atoms with Crippen LogP contribution in [-0.4, -0.2) is 24.6 Å². The van der Waals surface area contributed by atoms with E-state index in [1.807, 2.05) is 45.0 Å². The van der Waals surface area contributed by atoms with E-state index in [1.54, 1.807) is 7.11 Å². The third-order valence-corrected chi connectivity index (χ3v) is 3.40. The molecule has 0 aliphatic carbocycles. The quantitative estimate of drug-likeness (QED) is 0.824. The molecule has 0 saturated carbocycles. The van der Waals surface area contributed by atoms with E-state index in [0.29, 0.717) is 12.8 Å². The molecular weight excluding hydrogens is 240 g/mol. The van der Waals surface area contributed by atoms with E-state index in [-0.39, 0.29) is 17.5 Å². The van der Waals surface area contributed by atoms with Crippen molar-refractivity contribution < 1.29 is 9.53 Å². The first-order valence-corrected chi connectivity index (χ1v) is 6.54. The van der Waals surface area contributed by atoms with Crippen molar-refractivity contribution >= 4 is 5.91 Å². The Hall–Kier alpha value is -1.55. The fraction of sp³-hybridized carbons (Fsp3) is 0.533. The van der Waals surface area contributed by atoms with Gasteiger partial charge in [0.2, 0.25) is 5.91 Å². The van der Waals surface area contributed by atoms with Crippen LogP contribution in [0, 0.1) is 0 Å². The van der Waals surface area contributed by atoms with Gasteiger partial charge in [0.25, 0.3) is 0 Å². The van der Waals surface area contributed by atoms with Crippen LogP contribution < -0.4 is 15.8 Å². The molecule has 0 radical (unpaired) electrons. The van der Waals surface area contributed by atoms with Crippen molar-refractivity contribution in [1.82, 2.24) is 5.32 Å². The van der Waals surface area contributed by atoms with Gasteiger partial charge < -0.3 is 15.8 Å². The number of carbonyl (C=O) groups is 1. The van der Waals surface area contributed by atoms with Crippen molar-refractivity contribution in [3.8, 4) is 5.75 Å². The summed E-state index contributed by atoms with van der Waals surface area (Å²) in [6, 6.07) is 7.67. The SMILES string of the molecule is COc1ccc(CCC(=O)NC(C)(C)C(C)N)cc1. The van der Waals surface area contributed by atoms with E-state index < -0.39 is 0 Å². The molecule has 0 aromatic heterocycles. The van der Waals surface area contributed by atoms with Gasteiger partial charge in [-0.25, -0.2) is 0 Å². The minimum atomic E-state index is -0.378. The van der Waals surface area contributed by atoms with E-state index in [2.05, 4.69) is 5.32 Å². The van der Waals surface area contributed by atoms with Crippen molar-refractivity contribution in [2.45, 2.75) is 45.2 Å². The maximum absolute atomic E-state index is 11.9. The zero-order valence-electron chi connectivity index (χ0n) is 12.2. The maximum Gasteiger partial charge on any atom is 0.220 e. The molecule has 0 spiro atoms. The average Bonchev–Trinajstić information content (AvgIpc) is 2.36. The molecule has 1 atom stereocenters. The summed E-state index contributed by atoms with van der Waals surface area (Å²) in [6.07, 6.45) is 1.17. The molecule has 19 heavy (non-hydrogen) atoms. The molecule has 0 fully saturated rings. The number of carbonyl (C=O) groups excluding carboxylic acids is 1. The Balaban J connectivity index is 2.45. The second-order valence-corrected chi connectivity index (χ2v) is 5.41. The zero-order chi connectivity index (χ0) is 14.5. The molecule has 0 saturated heterocycles. The second kappa shape index (κ2) is 6.57. The van der Waals surface area contributed by atoms with Gasteiger partial charge in [0.15, 0.2) is 0 Å². The van der Waals surface area contributed by atoms with Gasteiger partial charge >= 0.3 is 0 Å². The van der Waals surface area contributed by atoms with Crippen molar-refractivity contribution in [3.63, 3.8) is 0 Å². The monoisotopic (exact) mass is 264 g/mol. The van der Waals surface area contributed by atoms with Crippen LogP contribution in [0.2, 0.25) is 0 Å². The van der Waals surface area contributed by atoms with E-state index in [1.165, 1.54) is 0 Å². The average molecular weight is 264 g/mol. The van der Waals surface area contributed by atoms with Crippen LogP contribution in [0.1, 0.15) is 32.8 Å². The number of hydrogen-bond acceptors (Lipinski definition) is 3. The highest BCUT2D eigenvalue weighted by Crippen LogP contribution is 2.13. The third-order valence-electron chi connectivity index (χ3n) is 3.40. The summed E-state index contributed by atoms with van der Waals surface area (Å²) in [5.41, 5.74) is 6.57. The summed E-state index contributed by atoms with van der Waals surface area (Å²) in [5.74, 6) is 0.851. The third kappa shape index (κ3) is 4.91. The molecule has 1 aromatic rings. The highest BCUT2D eigenvalue weighted by molar-refractivity contribution is 5.77. The number of hydrogen-bond donors (Lipinski definition) is 2. The van der Waals surface area contributed by atoms with Crippen LogP contribution in [0.5, 0.6) is 5.75 Å². The van der Waals surface area contributed by atoms with Gasteiger partial charge in [-0.15, -0.1) is 0 Å². The van der Waals surface area contributed by atoms with Crippen molar-refractivity contribution in [3.05, 3.63) is 29.8 Å². The smallest absolute Gasteiger partial charge is 0.220 e. The molecule has 106 valence electrons. The zero-order valence-corrected chi connectivity index (χ0v) is 12.2. The van der Waals surface area contributed by atoms with Gasteiger partial charge in [0.05, 0.1) is 7.11 Å². The molecule has 0 bridgehead atoms. The van der Waals surface area contributed by atoms with Crippen molar-refractivity contribution in [2.24, 2.45) is 5.73 Å². The van der Waals surface area contributed by atoms with E-state index >= 15 is 0 Å². The van der Waals surface area contributed by atoms with E-state index in [9.17, 15) is 4.79 Å². The maximum atomic E-state index is 11.9. The molecular formula is C15H24N2O2. The fourth-order valence-corrected chi connectivity index (χ4v) is 1.59. The number of amides is 1. The van der Waals surface area contributed by atoms with Crippen LogP contribution in [0.3, 0.4) is 0 Å². The molecule has 1 rings (SSSR count). The molecule has 0 aliphatic rings. The largest absolute Gasteiger partial charge is 0.497 e. The molecule has 1 aromatic carbocycles. The Morgan fingerprint density at radius 3 is 2.42 bits per heavy atom. The molecule has 3 N–H and O–H groups in total. The normalized spacial score (nSPS) is 12.9. The topological polar surface area (TPSA) is 64.3 Å². The number of ether oxygens (including phenoxy) is 1. The first-order valence-electron chi connectivity index (χ1n) is 6.54. The number of nitrogens with one attached hydrogen (secondary N) is 1. The number of rotatable bonds is 6. The predicted molar refractivity (Wildman–Crippen MR) is 77.2 cm³/mol. The Morgan fingerprint density at radius 1 is 1.37 bits per heavy atom. The lowest BCUT2D eigenvalue weighted by molar-refractivity contribution is -0.122. The molecule has 1 unspecified atom stereocenters.